The normalized spacial score (nSPS) is 12.9. The molecule has 0 aliphatic carbocycles. The van der Waals surface area contributed by atoms with Crippen LogP contribution in [0.5, 0.6) is 0 Å². The average Bonchev–Trinajstić information content (AvgIpc) is 2.40. The van der Waals surface area contributed by atoms with Crippen LogP contribution >= 0.6 is 12.6 Å². The van der Waals surface area contributed by atoms with Crippen molar-refractivity contribution in [2.24, 2.45) is 0 Å². The fraction of sp³-hybridized carbons (Fsp3) is 0.538. The van der Waals surface area contributed by atoms with E-state index < -0.39 is 9.53 Å². The minimum atomic E-state index is -2.03. The van der Waals surface area contributed by atoms with E-state index in [1.165, 1.54) is 0 Å². The SMILES string of the molecule is CCO[SiH](OCC)OC(CCS)c1ccccc1. The van der Waals surface area contributed by atoms with Crippen molar-refractivity contribution in [2.75, 3.05) is 19.0 Å². The summed E-state index contributed by atoms with van der Waals surface area (Å²) >= 11 is 4.29. The number of benzene rings is 1. The van der Waals surface area contributed by atoms with Crippen molar-refractivity contribution in [2.45, 2.75) is 26.4 Å². The highest BCUT2D eigenvalue weighted by Gasteiger charge is 2.21. The molecular formula is C13H22O3SSi. The van der Waals surface area contributed by atoms with E-state index in [1.54, 1.807) is 0 Å². The molecule has 1 aromatic rings. The Bertz CT molecular complexity index is 304. The van der Waals surface area contributed by atoms with Crippen molar-refractivity contribution in [3.8, 4) is 0 Å². The van der Waals surface area contributed by atoms with E-state index in [1.807, 2.05) is 32.0 Å². The van der Waals surface area contributed by atoms with Gasteiger partial charge in [0.1, 0.15) is 0 Å². The zero-order valence-electron chi connectivity index (χ0n) is 11.0. The molecule has 5 heteroatoms. The topological polar surface area (TPSA) is 27.7 Å². The molecule has 0 radical (unpaired) electrons. The summed E-state index contributed by atoms with van der Waals surface area (Å²) in [7, 11) is -2.03. The smallest absolute Gasteiger partial charge is 0.376 e. The zero-order chi connectivity index (χ0) is 13.2. The predicted molar refractivity (Wildman–Crippen MR) is 79.1 cm³/mol. The molecule has 0 N–H and O–H groups in total. The zero-order valence-corrected chi connectivity index (χ0v) is 13.1. The molecule has 18 heavy (non-hydrogen) atoms. The van der Waals surface area contributed by atoms with Gasteiger partial charge in [-0.25, -0.2) is 0 Å². The van der Waals surface area contributed by atoms with Crippen LogP contribution in [-0.4, -0.2) is 28.5 Å². The van der Waals surface area contributed by atoms with Crippen LogP contribution in [0.3, 0.4) is 0 Å². The Balaban J connectivity index is 2.66. The van der Waals surface area contributed by atoms with Crippen molar-refractivity contribution in [1.82, 2.24) is 0 Å². The molecule has 0 saturated carbocycles. The van der Waals surface area contributed by atoms with E-state index in [2.05, 4.69) is 24.8 Å². The van der Waals surface area contributed by atoms with E-state index in [0.29, 0.717) is 13.2 Å². The second kappa shape index (κ2) is 9.58. The van der Waals surface area contributed by atoms with Gasteiger partial charge in [0.05, 0.1) is 6.10 Å². The minimum absolute atomic E-state index is 0.0125. The molecule has 0 aliphatic rings. The van der Waals surface area contributed by atoms with E-state index in [9.17, 15) is 0 Å². The lowest BCUT2D eigenvalue weighted by atomic mass is 10.1. The monoisotopic (exact) mass is 286 g/mol. The lowest BCUT2D eigenvalue weighted by molar-refractivity contribution is 0.0615. The molecule has 0 spiro atoms. The maximum absolute atomic E-state index is 6.00. The highest BCUT2D eigenvalue weighted by molar-refractivity contribution is 7.80. The molecular weight excluding hydrogens is 264 g/mol. The van der Waals surface area contributed by atoms with E-state index >= 15 is 0 Å². The minimum Gasteiger partial charge on any atom is -0.376 e. The number of thiol groups is 1. The fourth-order valence-corrected chi connectivity index (χ4v) is 3.22. The van der Waals surface area contributed by atoms with Gasteiger partial charge in [-0.2, -0.15) is 12.6 Å². The van der Waals surface area contributed by atoms with E-state index in [-0.39, 0.29) is 6.10 Å². The molecule has 0 aromatic heterocycles. The molecule has 1 rings (SSSR count). The van der Waals surface area contributed by atoms with Gasteiger partial charge in [-0.05, 0) is 31.6 Å². The van der Waals surface area contributed by atoms with Gasteiger partial charge in [-0.15, -0.1) is 0 Å². The Morgan fingerprint density at radius 1 is 1.11 bits per heavy atom. The summed E-state index contributed by atoms with van der Waals surface area (Å²) < 4.78 is 17.1. The van der Waals surface area contributed by atoms with Crippen LogP contribution in [0.2, 0.25) is 0 Å². The summed E-state index contributed by atoms with van der Waals surface area (Å²) in [5.74, 6) is 0.777. The van der Waals surface area contributed by atoms with Crippen LogP contribution in [0, 0.1) is 0 Å². The number of hydrogen-bond acceptors (Lipinski definition) is 4. The molecule has 0 saturated heterocycles. The Labute approximate surface area is 117 Å². The van der Waals surface area contributed by atoms with E-state index in [4.69, 9.17) is 13.3 Å². The lowest BCUT2D eigenvalue weighted by Gasteiger charge is -2.23. The van der Waals surface area contributed by atoms with Gasteiger partial charge in [0.2, 0.25) is 0 Å². The van der Waals surface area contributed by atoms with Gasteiger partial charge in [-0.3, -0.25) is 0 Å². The first kappa shape index (κ1) is 15.7. The molecule has 1 unspecified atom stereocenters. The van der Waals surface area contributed by atoms with Crippen molar-refractivity contribution < 1.29 is 13.3 Å². The Morgan fingerprint density at radius 2 is 1.72 bits per heavy atom. The highest BCUT2D eigenvalue weighted by atomic mass is 32.1. The molecule has 0 bridgehead atoms. The average molecular weight is 286 g/mol. The standard InChI is InChI=1S/C13H22O3SSi/c1-3-14-18(15-4-2)16-13(10-11-17)12-8-6-5-7-9-12/h5-9,13,17-18H,3-4,10-11H2,1-2H3. The molecule has 1 atom stereocenters. The number of rotatable bonds is 9. The summed E-state index contributed by atoms with van der Waals surface area (Å²) in [4.78, 5) is 0. The summed E-state index contributed by atoms with van der Waals surface area (Å²) in [6.07, 6.45) is 0.870. The summed E-state index contributed by atoms with van der Waals surface area (Å²) in [6, 6.07) is 10.2. The third-order valence-electron chi connectivity index (χ3n) is 2.44. The van der Waals surface area contributed by atoms with Crippen LogP contribution in [0.25, 0.3) is 0 Å². The van der Waals surface area contributed by atoms with Crippen molar-refractivity contribution in [3.05, 3.63) is 35.9 Å². The molecule has 102 valence electrons. The maximum Gasteiger partial charge on any atom is 0.484 e. The Hall–Kier alpha value is -0.333. The second-order valence-corrected chi connectivity index (χ2v) is 5.71. The van der Waals surface area contributed by atoms with Crippen LogP contribution in [-0.2, 0) is 13.3 Å². The molecule has 1 aromatic carbocycles. The first-order chi connectivity index (χ1) is 8.81. The predicted octanol–water partition coefficient (Wildman–Crippen LogP) is 2.85. The molecule has 3 nitrogen and oxygen atoms in total. The van der Waals surface area contributed by atoms with Gasteiger partial charge in [0.25, 0.3) is 0 Å². The Morgan fingerprint density at radius 3 is 2.22 bits per heavy atom. The van der Waals surface area contributed by atoms with Crippen LogP contribution in [0.15, 0.2) is 30.3 Å². The third kappa shape index (κ3) is 5.54. The summed E-state index contributed by atoms with van der Waals surface area (Å²) in [5.41, 5.74) is 1.16. The largest absolute Gasteiger partial charge is 0.484 e. The second-order valence-electron chi connectivity index (χ2n) is 3.75. The van der Waals surface area contributed by atoms with Gasteiger partial charge < -0.3 is 13.3 Å². The summed E-state index contributed by atoms with van der Waals surface area (Å²) in [5, 5.41) is 0. The maximum atomic E-state index is 6.00. The van der Waals surface area contributed by atoms with Crippen LogP contribution in [0.4, 0.5) is 0 Å². The number of hydrogen-bond donors (Lipinski definition) is 1. The molecule has 0 fully saturated rings. The van der Waals surface area contributed by atoms with E-state index in [0.717, 1.165) is 17.7 Å². The molecule has 0 heterocycles. The van der Waals surface area contributed by atoms with Gasteiger partial charge >= 0.3 is 9.53 Å². The van der Waals surface area contributed by atoms with Crippen molar-refractivity contribution >= 4 is 22.2 Å². The fourth-order valence-electron chi connectivity index (χ4n) is 1.63. The highest BCUT2D eigenvalue weighted by Crippen LogP contribution is 2.22. The Kier molecular flexibility index (Phi) is 8.37. The lowest BCUT2D eigenvalue weighted by Crippen LogP contribution is -2.29. The van der Waals surface area contributed by atoms with Gasteiger partial charge in [0.15, 0.2) is 0 Å². The molecule has 0 aliphatic heterocycles. The van der Waals surface area contributed by atoms with Crippen molar-refractivity contribution in [1.29, 1.82) is 0 Å². The quantitative estimate of drug-likeness (QED) is 0.559. The third-order valence-corrected chi connectivity index (χ3v) is 4.46. The van der Waals surface area contributed by atoms with Gasteiger partial charge in [0, 0.05) is 13.2 Å². The first-order valence-electron chi connectivity index (χ1n) is 6.36. The first-order valence-corrected chi connectivity index (χ1v) is 8.40. The van der Waals surface area contributed by atoms with Crippen LogP contribution < -0.4 is 0 Å². The van der Waals surface area contributed by atoms with Crippen molar-refractivity contribution in [3.63, 3.8) is 0 Å². The van der Waals surface area contributed by atoms with Crippen LogP contribution in [0.1, 0.15) is 31.9 Å². The van der Waals surface area contributed by atoms with Gasteiger partial charge in [-0.1, -0.05) is 30.3 Å². The molecule has 0 amide bonds. The summed E-state index contributed by atoms with van der Waals surface area (Å²) in [6.45, 7) is 5.16.